The Hall–Kier alpha value is -0.600. The molecule has 0 aliphatic rings. The van der Waals surface area contributed by atoms with Crippen LogP contribution in [-0.2, 0) is 12.8 Å². The van der Waals surface area contributed by atoms with Crippen LogP contribution in [0.15, 0.2) is 48.5 Å². The molecule has 0 N–H and O–H groups in total. The molecule has 0 heterocycles. The maximum Gasteiger partial charge on any atom is 0.0102 e. The zero-order valence-corrected chi connectivity index (χ0v) is 15.9. The average Bonchev–Trinajstić information content (AvgIpc) is 2.51. The lowest BCUT2D eigenvalue weighted by atomic mass is 9.78. The molecule has 2 heteroatoms. The molecule has 0 fully saturated rings. The second-order valence-corrected chi connectivity index (χ2v) is 7.10. The van der Waals surface area contributed by atoms with Gasteiger partial charge in [0.15, 0.2) is 0 Å². The Labute approximate surface area is 145 Å². The monoisotopic (exact) mass is 408 g/mol. The topological polar surface area (TPSA) is 0 Å². The Bertz CT molecular complexity index is 551. The van der Waals surface area contributed by atoms with Crippen LogP contribution in [0.1, 0.15) is 22.3 Å². The van der Waals surface area contributed by atoms with E-state index in [1.165, 1.54) is 22.3 Å². The largest absolute Gasteiger partial charge is 0.0921 e. The van der Waals surface area contributed by atoms with Crippen molar-refractivity contribution in [2.24, 2.45) is 5.41 Å². The molecule has 0 spiro atoms. The van der Waals surface area contributed by atoms with Gasteiger partial charge in [0.05, 0.1) is 0 Å². The van der Waals surface area contributed by atoms with E-state index in [-0.39, 0.29) is 5.41 Å². The summed E-state index contributed by atoms with van der Waals surface area (Å²) in [5.74, 6) is 0. The van der Waals surface area contributed by atoms with Crippen molar-refractivity contribution in [1.29, 1.82) is 0 Å². The number of aryl methyl sites for hydroxylation is 2. The summed E-state index contributed by atoms with van der Waals surface area (Å²) in [5, 5.41) is 1.99. The summed E-state index contributed by atoms with van der Waals surface area (Å²) in [5.41, 5.74) is 5.90. The van der Waals surface area contributed by atoms with E-state index in [4.69, 9.17) is 0 Å². The van der Waals surface area contributed by atoms with Crippen molar-refractivity contribution in [1.82, 2.24) is 0 Å². The molecular formula is C19H22Br2. The van der Waals surface area contributed by atoms with Crippen LogP contribution >= 0.6 is 31.9 Å². The summed E-state index contributed by atoms with van der Waals surface area (Å²) in [7, 11) is 0. The maximum atomic E-state index is 3.77. The Morgan fingerprint density at radius 3 is 1.86 bits per heavy atom. The fourth-order valence-electron chi connectivity index (χ4n) is 2.82. The molecule has 0 radical (unpaired) electrons. The second kappa shape index (κ2) is 7.60. The average molecular weight is 410 g/mol. The van der Waals surface area contributed by atoms with E-state index in [1.54, 1.807) is 0 Å². The van der Waals surface area contributed by atoms with Crippen LogP contribution in [0.25, 0.3) is 0 Å². The minimum absolute atomic E-state index is 0.207. The van der Waals surface area contributed by atoms with Crippen molar-refractivity contribution in [2.75, 3.05) is 10.7 Å². The first kappa shape index (κ1) is 16.8. The van der Waals surface area contributed by atoms with Gasteiger partial charge >= 0.3 is 0 Å². The number of benzene rings is 2. The first-order chi connectivity index (χ1) is 10.1. The third-order valence-corrected chi connectivity index (χ3v) is 6.56. The fourth-order valence-corrected chi connectivity index (χ4v) is 4.54. The Morgan fingerprint density at radius 2 is 1.33 bits per heavy atom. The predicted octanol–water partition coefficient (Wildman–Crippen LogP) is 5.86. The van der Waals surface area contributed by atoms with Crippen LogP contribution < -0.4 is 0 Å². The van der Waals surface area contributed by atoms with E-state index in [2.05, 4.69) is 94.2 Å². The number of alkyl halides is 2. The highest BCUT2D eigenvalue weighted by Crippen LogP contribution is 2.34. The summed E-state index contributed by atoms with van der Waals surface area (Å²) in [4.78, 5) is 0. The molecule has 0 unspecified atom stereocenters. The zero-order valence-electron chi connectivity index (χ0n) is 12.7. The van der Waals surface area contributed by atoms with Crippen LogP contribution in [0.5, 0.6) is 0 Å². The molecule has 2 aromatic rings. The van der Waals surface area contributed by atoms with Gasteiger partial charge in [0, 0.05) is 10.7 Å². The molecule has 0 aromatic heterocycles. The summed E-state index contributed by atoms with van der Waals surface area (Å²) in [6, 6.07) is 17.4. The normalized spacial score (nSPS) is 11.6. The van der Waals surface area contributed by atoms with E-state index in [1.807, 2.05) is 0 Å². The van der Waals surface area contributed by atoms with Gasteiger partial charge in [-0.3, -0.25) is 0 Å². The molecule has 0 aliphatic heterocycles. The van der Waals surface area contributed by atoms with Crippen LogP contribution in [0.2, 0.25) is 0 Å². The van der Waals surface area contributed by atoms with Crippen molar-refractivity contribution in [3.8, 4) is 0 Å². The summed E-state index contributed by atoms with van der Waals surface area (Å²) in [6.45, 7) is 4.44. The SMILES string of the molecule is Cc1cccc(C)c1CC(CBr)(CBr)Cc1ccccc1. The molecule has 112 valence electrons. The molecule has 0 atom stereocenters. The molecule has 0 saturated heterocycles. The maximum absolute atomic E-state index is 3.77. The van der Waals surface area contributed by atoms with Crippen molar-refractivity contribution in [3.05, 3.63) is 70.8 Å². The van der Waals surface area contributed by atoms with Gasteiger partial charge < -0.3 is 0 Å². The minimum Gasteiger partial charge on any atom is -0.0921 e. The number of rotatable bonds is 6. The van der Waals surface area contributed by atoms with Crippen LogP contribution in [0.3, 0.4) is 0 Å². The molecule has 0 aliphatic carbocycles. The highest BCUT2D eigenvalue weighted by Gasteiger charge is 2.29. The van der Waals surface area contributed by atoms with E-state index >= 15 is 0 Å². The first-order valence-electron chi connectivity index (χ1n) is 7.31. The number of hydrogen-bond donors (Lipinski definition) is 0. The van der Waals surface area contributed by atoms with E-state index < -0.39 is 0 Å². The Kier molecular flexibility index (Phi) is 6.07. The Balaban J connectivity index is 2.30. The lowest BCUT2D eigenvalue weighted by Crippen LogP contribution is -2.31. The van der Waals surface area contributed by atoms with Crippen molar-refractivity contribution >= 4 is 31.9 Å². The van der Waals surface area contributed by atoms with E-state index in [0.717, 1.165) is 23.5 Å². The predicted molar refractivity (Wildman–Crippen MR) is 99.8 cm³/mol. The lowest BCUT2D eigenvalue weighted by molar-refractivity contribution is 0.384. The van der Waals surface area contributed by atoms with Gasteiger partial charge in [-0.1, -0.05) is 80.4 Å². The quantitative estimate of drug-likeness (QED) is 0.523. The molecule has 0 nitrogen and oxygen atoms in total. The van der Waals surface area contributed by atoms with Gasteiger partial charge in [-0.15, -0.1) is 0 Å². The van der Waals surface area contributed by atoms with Crippen LogP contribution in [0, 0.1) is 19.3 Å². The van der Waals surface area contributed by atoms with Gasteiger partial charge in [0.1, 0.15) is 0 Å². The highest BCUT2D eigenvalue weighted by molar-refractivity contribution is 9.09. The highest BCUT2D eigenvalue weighted by atomic mass is 79.9. The molecule has 21 heavy (non-hydrogen) atoms. The van der Waals surface area contributed by atoms with Crippen molar-refractivity contribution in [3.63, 3.8) is 0 Å². The molecule has 0 saturated carbocycles. The first-order valence-corrected chi connectivity index (χ1v) is 9.55. The molecule has 2 rings (SSSR count). The van der Waals surface area contributed by atoms with E-state index in [0.29, 0.717) is 0 Å². The van der Waals surface area contributed by atoms with Gasteiger partial charge in [-0.25, -0.2) is 0 Å². The summed E-state index contributed by atoms with van der Waals surface area (Å²) in [6.07, 6.45) is 2.18. The third kappa shape index (κ3) is 4.20. The molecular weight excluding hydrogens is 388 g/mol. The summed E-state index contributed by atoms with van der Waals surface area (Å²) >= 11 is 7.53. The Morgan fingerprint density at radius 1 is 0.762 bits per heavy atom. The second-order valence-electron chi connectivity index (χ2n) is 5.98. The standard InChI is InChI=1S/C19H22Br2/c1-15-7-6-8-16(2)18(15)12-19(13-20,14-21)11-17-9-4-3-5-10-17/h3-10H,11-14H2,1-2H3. The van der Waals surface area contributed by atoms with Crippen LogP contribution in [-0.4, -0.2) is 10.7 Å². The fraction of sp³-hybridized carbons (Fsp3) is 0.368. The van der Waals surface area contributed by atoms with Crippen molar-refractivity contribution in [2.45, 2.75) is 26.7 Å². The van der Waals surface area contributed by atoms with Gasteiger partial charge in [-0.2, -0.15) is 0 Å². The zero-order chi connectivity index (χ0) is 15.3. The van der Waals surface area contributed by atoms with Gasteiger partial charge in [-0.05, 0) is 54.4 Å². The number of hydrogen-bond acceptors (Lipinski definition) is 0. The molecule has 2 aromatic carbocycles. The van der Waals surface area contributed by atoms with Gasteiger partial charge in [0.2, 0.25) is 0 Å². The van der Waals surface area contributed by atoms with E-state index in [9.17, 15) is 0 Å². The smallest absolute Gasteiger partial charge is 0.0102 e. The number of halogens is 2. The molecule has 0 bridgehead atoms. The van der Waals surface area contributed by atoms with Crippen molar-refractivity contribution < 1.29 is 0 Å². The minimum atomic E-state index is 0.207. The molecule has 0 amide bonds. The lowest BCUT2D eigenvalue weighted by Gasteiger charge is -2.32. The van der Waals surface area contributed by atoms with Crippen LogP contribution in [0.4, 0.5) is 0 Å². The third-order valence-electron chi connectivity index (χ3n) is 4.19. The summed E-state index contributed by atoms with van der Waals surface area (Å²) < 4.78 is 0. The van der Waals surface area contributed by atoms with Gasteiger partial charge in [0.25, 0.3) is 0 Å².